The van der Waals surface area contributed by atoms with E-state index in [1.165, 1.54) is 24.3 Å². The molecule has 0 spiro atoms. The van der Waals surface area contributed by atoms with Crippen LogP contribution in [-0.2, 0) is 22.9 Å². The van der Waals surface area contributed by atoms with Crippen molar-refractivity contribution in [2.24, 2.45) is 0 Å². The minimum Gasteiger partial charge on any atom is -0.440 e. The van der Waals surface area contributed by atoms with Crippen molar-refractivity contribution >= 4 is 9.84 Å². The highest BCUT2D eigenvalue weighted by atomic mass is 32.2. The lowest BCUT2D eigenvalue weighted by molar-refractivity contribution is -0.286. The second kappa shape index (κ2) is 11.1. The van der Waals surface area contributed by atoms with Gasteiger partial charge in [0.2, 0.25) is 0 Å². The minimum absolute atomic E-state index is 0.0411. The number of ether oxygens (including phenoxy) is 2. The van der Waals surface area contributed by atoms with Gasteiger partial charge in [-0.25, -0.2) is 22.8 Å². The number of aromatic nitrogens is 3. The zero-order valence-electron chi connectivity index (χ0n) is 24.1. The molecule has 2 aromatic heterocycles. The molecule has 1 aliphatic heterocycles. The number of aryl methyl sites for hydroxylation is 2. The zero-order chi connectivity index (χ0) is 32.3. The molecule has 2 N–H and O–H groups in total. The van der Waals surface area contributed by atoms with Crippen LogP contribution in [0.3, 0.4) is 0 Å². The first-order valence-electron chi connectivity index (χ1n) is 13.6. The normalized spacial score (nSPS) is 13.9. The Hall–Kier alpha value is -4.66. The molecular weight excluding hydrogens is 615 g/mol. The molecule has 45 heavy (non-hydrogen) atoms. The fraction of sp³-hybridized carbons (Fsp3) is 0.226. The smallest absolute Gasteiger partial charge is 0.440 e. The Balaban J connectivity index is 1.60. The van der Waals surface area contributed by atoms with Gasteiger partial charge in [-0.15, -0.1) is 8.78 Å². The Labute approximate surface area is 255 Å². The highest BCUT2D eigenvalue weighted by Gasteiger charge is 2.43. The quantitative estimate of drug-likeness (QED) is 0.229. The predicted octanol–water partition coefficient (Wildman–Crippen LogP) is 5.37. The van der Waals surface area contributed by atoms with Crippen LogP contribution in [0.4, 0.5) is 13.2 Å². The standard InChI is InChI=1S/C31H26F3N3O7S/c1-16-14-37(17(2)35-16)24-6-4-18(20-11-23(32)22(15-39)27(13-20)45(3,40)41)10-21(24)30-29(36-28(42-30)8-9-38)19-5-7-25-26(12-19)44-31(33,34)43-25/h4-7,10-14,38-39H,8-9,15H2,1-3H3. The third-order valence-electron chi connectivity index (χ3n) is 7.22. The molecule has 234 valence electrons. The first-order valence-corrected chi connectivity index (χ1v) is 15.5. The number of imidazole rings is 1. The molecule has 0 saturated carbocycles. The van der Waals surface area contributed by atoms with Gasteiger partial charge in [0.05, 0.1) is 29.5 Å². The van der Waals surface area contributed by atoms with Crippen molar-refractivity contribution in [2.75, 3.05) is 12.9 Å². The summed E-state index contributed by atoms with van der Waals surface area (Å²) in [5.41, 5.74) is 2.52. The number of alkyl halides is 2. The zero-order valence-corrected chi connectivity index (χ0v) is 25.0. The van der Waals surface area contributed by atoms with Crippen molar-refractivity contribution in [3.8, 4) is 50.9 Å². The lowest BCUT2D eigenvalue weighted by Gasteiger charge is -2.15. The van der Waals surface area contributed by atoms with Crippen LogP contribution in [0.2, 0.25) is 0 Å². The van der Waals surface area contributed by atoms with Crippen molar-refractivity contribution < 1.29 is 45.7 Å². The van der Waals surface area contributed by atoms with Crippen LogP contribution in [0.15, 0.2) is 64.0 Å². The van der Waals surface area contributed by atoms with Crippen molar-refractivity contribution in [3.63, 3.8) is 0 Å². The number of fused-ring (bicyclic) bond motifs is 1. The highest BCUT2D eigenvalue weighted by Crippen LogP contribution is 2.45. The van der Waals surface area contributed by atoms with Crippen LogP contribution in [0, 0.1) is 19.7 Å². The van der Waals surface area contributed by atoms with Gasteiger partial charge in [-0.2, -0.15) is 0 Å². The van der Waals surface area contributed by atoms with E-state index in [0.717, 1.165) is 18.0 Å². The van der Waals surface area contributed by atoms with Gasteiger partial charge in [-0.3, -0.25) is 0 Å². The average molecular weight is 642 g/mol. The lowest BCUT2D eigenvalue weighted by atomic mass is 9.97. The predicted molar refractivity (Wildman–Crippen MR) is 155 cm³/mol. The van der Waals surface area contributed by atoms with E-state index >= 15 is 4.39 Å². The summed E-state index contributed by atoms with van der Waals surface area (Å²) < 4.78 is 84.8. The van der Waals surface area contributed by atoms with E-state index in [4.69, 9.17) is 4.42 Å². The van der Waals surface area contributed by atoms with Crippen molar-refractivity contribution in [1.82, 2.24) is 14.5 Å². The van der Waals surface area contributed by atoms with Gasteiger partial charge in [0.15, 0.2) is 33.0 Å². The maximum Gasteiger partial charge on any atom is 0.586 e. The summed E-state index contributed by atoms with van der Waals surface area (Å²) in [5, 5.41) is 19.3. The molecular formula is C31H26F3N3O7S. The molecule has 10 nitrogen and oxygen atoms in total. The third-order valence-corrected chi connectivity index (χ3v) is 8.38. The van der Waals surface area contributed by atoms with E-state index < -0.39 is 28.6 Å². The Kier molecular flexibility index (Phi) is 7.46. The number of benzene rings is 3. The summed E-state index contributed by atoms with van der Waals surface area (Å²) in [6.45, 7) is 2.51. The molecule has 0 amide bonds. The molecule has 5 aromatic rings. The highest BCUT2D eigenvalue weighted by molar-refractivity contribution is 7.90. The molecule has 3 aromatic carbocycles. The molecule has 0 aliphatic carbocycles. The van der Waals surface area contributed by atoms with E-state index in [0.29, 0.717) is 28.2 Å². The first kappa shape index (κ1) is 30.4. The molecule has 3 heterocycles. The van der Waals surface area contributed by atoms with Crippen LogP contribution < -0.4 is 9.47 Å². The molecule has 1 aliphatic rings. The van der Waals surface area contributed by atoms with E-state index in [9.17, 15) is 27.4 Å². The van der Waals surface area contributed by atoms with Crippen LogP contribution in [0.25, 0.3) is 39.4 Å². The molecule has 0 fully saturated rings. The van der Waals surface area contributed by atoms with Crippen LogP contribution in [-0.4, -0.2) is 52.3 Å². The van der Waals surface area contributed by atoms with Crippen molar-refractivity contribution in [2.45, 2.75) is 38.1 Å². The molecule has 0 bridgehead atoms. The maximum atomic E-state index is 15.1. The first-order chi connectivity index (χ1) is 21.3. The number of aliphatic hydroxyl groups is 2. The average Bonchev–Trinajstić information content (AvgIpc) is 3.64. The topological polar surface area (TPSA) is 137 Å². The maximum absolute atomic E-state index is 15.1. The Morgan fingerprint density at radius 1 is 0.933 bits per heavy atom. The van der Waals surface area contributed by atoms with Gasteiger partial charge >= 0.3 is 6.29 Å². The summed E-state index contributed by atoms with van der Waals surface area (Å²) in [7, 11) is -3.91. The number of oxazole rings is 1. The van der Waals surface area contributed by atoms with Crippen molar-refractivity contribution in [1.29, 1.82) is 0 Å². The molecule has 0 radical (unpaired) electrons. The Bertz CT molecular complexity index is 2070. The summed E-state index contributed by atoms with van der Waals surface area (Å²) in [6.07, 6.45) is -1.08. The molecule has 0 atom stereocenters. The number of hydrogen-bond donors (Lipinski definition) is 2. The van der Waals surface area contributed by atoms with Gasteiger partial charge in [0, 0.05) is 35.6 Å². The Morgan fingerprint density at radius 3 is 2.33 bits per heavy atom. The number of sulfone groups is 1. The monoisotopic (exact) mass is 641 g/mol. The van der Waals surface area contributed by atoms with Gasteiger partial charge in [-0.05, 0) is 67.4 Å². The molecule has 14 heteroatoms. The van der Waals surface area contributed by atoms with Gasteiger partial charge in [0.1, 0.15) is 17.3 Å². The summed E-state index contributed by atoms with van der Waals surface area (Å²) in [6, 6.07) is 11.6. The lowest BCUT2D eigenvalue weighted by Crippen LogP contribution is -2.25. The van der Waals surface area contributed by atoms with Crippen LogP contribution in [0.5, 0.6) is 11.5 Å². The van der Waals surface area contributed by atoms with E-state index in [-0.39, 0.29) is 57.9 Å². The number of hydrogen-bond acceptors (Lipinski definition) is 9. The second-order valence-electron chi connectivity index (χ2n) is 10.5. The van der Waals surface area contributed by atoms with E-state index in [2.05, 4.69) is 19.4 Å². The van der Waals surface area contributed by atoms with Crippen LogP contribution in [0.1, 0.15) is 23.0 Å². The summed E-state index contributed by atoms with van der Waals surface area (Å²) in [5.74, 6) is -0.309. The largest absolute Gasteiger partial charge is 0.586 e. The van der Waals surface area contributed by atoms with E-state index in [1.807, 2.05) is 6.92 Å². The fourth-order valence-corrected chi connectivity index (χ4v) is 6.22. The molecule has 0 unspecified atom stereocenters. The van der Waals surface area contributed by atoms with E-state index in [1.54, 1.807) is 35.9 Å². The fourth-order valence-electron chi connectivity index (χ4n) is 5.27. The Morgan fingerprint density at radius 2 is 1.67 bits per heavy atom. The molecule has 0 saturated heterocycles. The third kappa shape index (κ3) is 5.67. The molecule has 6 rings (SSSR count). The number of aliphatic hydroxyl groups excluding tert-OH is 2. The SMILES string of the molecule is Cc1cn(-c2ccc(-c3cc(F)c(CO)c(S(C)(=O)=O)c3)cc2-c2oc(CCO)nc2-c2ccc3c(c2)OC(F)(F)O3)c(C)n1. The number of rotatable bonds is 8. The van der Waals surface area contributed by atoms with Crippen molar-refractivity contribution in [3.05, 3.63) is 83.5 Å². The summed E-state index contributed by atoms with van der Waals surface area (Å²) in [4.78, 5) is 8.68. The van der Waals surface area contributed by atoms with Gasteiger partial charge < -0.3 is 28.7 Å². The van der Waals surface area contributed by atoms with Crippen LogP contribution >= 0.6 is 0 Å². The van der Waals surface area contributed by atoms with Gasteiger partial charge in [-0.1, -0.05) is 6.07 Å². The second-order valence-corrected chi connectivity index (χ2v) is 12.5. The number of nitrogens with zero attached hydrogens (tertiary/aromatic N) is 3. The summed E-state index contributed by atoms with van der Waals surface area (Å²) >= 11 is 0. The minimum atomic E-state index is -3.91. The van der Waals surface area contributed by atoms with Gasteiger partial charge in [0.25, 0.3) is 0 Å². The number of halogens is 3.